The monoisotopic (exact) mass is 524 g/mol. The van der Waals surface area contributed by atoms with Gasteiger partial charge >= 0.3 is 0 Å². The fourth-order valence-electron chi connectivity index (χ4n) is 4.20. The highest BCUT2D eigenvalue weighted by molar-refractivity contribution is 7.15. The zero-order valence-corrected chi connectivity index (χ0v) is 22.2. The van der Waals surface area contributed by atoms with E-state index in [0.717, 1.165) is 31.8 Å². The minimum absolute atomic E-state index is 0.179. The van der Waals surface area contributed by atoms with Crippen LogP contribution in [0.2, 0.25) is 0 Å². The predicted octanol–water partition coefficient (Wildman–Crippen LogP) is 5.76. The molecule has 0 aliphatic carbocycles. The van der Waals surface area contributed by atoms with Gasteiger partial charge in [-0.3, -0.25) is 4.79 Å². The summed E-state index contributed by atoms with van der Waals surface area (Å²) in [5.74, 6) is 1.12. The van der Waals surface area contributed by atoms with E-state index in [0.29, 0.717) is 29.5 Å². The van der Waals surface area contributed by atoms with Gasteiger partial charge < -0.3 is 21.1 Å². The van der Waals surface area contributed by atoms with Gasteiger partial charge in [0.15, 0.2) is 0 Å². The van der Waals surface area contributed by atoms with Crippen molar-refractivity contribution in [3.8, 4) is 16.2 Å². The lowest BCUT2D eigenvalue weighted by atomic mass is 10.1. The van der Waals surface area contributed by atoms with Crippen LogP contribution in [0.25, 0.3) is 21.3 Å². The molecule has 0 radical (unpaired) electrons. The van der Waals surface area contributed by atoms with Gasteiger partial charge in [0.1, 0.15) is 29.3 Å². The predicted molar refractivity (Wildman–Crippen MR) is 152 cm³/mol. The number of benzene rings is 2. The van der Waals surface area contributed by atoms with Gasteiger partial charge in [-0.15, -0.1) is 11.3 Å². The number of nitrogens with two attached hydrogens (primary N) is 1. The number of hydrogen-bond acceptors (Lipinski definition) is 8. The van der Waals surface area contributed by atoms with Crippen LogP contribution in [0.15, 0.2) is 73.2 Å². The van der Waals surface area contributed by atoms with Crippen molar-refractivity contribution in [2.24, 2.45) is 0 Å². The Kier molecular flexibility index (Phi) is 7.19. The lowest BCUT2D eigenvalue weighted by Gasteiger charge is -2.18. The lowest BCUT2D eigenvalue weighted by molar-refractivity contribution is 0.0937. The second kappa shape index (κ2) is 10.9. The Morgan fingerprint density at radius 1 is 1.05 bits per heavy atom. The number of nitrogens with zero attached hydrogens (tertiary/aromatic N) is 3. The van der Waals surface area contributed by atoms with Crippen molar-refractivity contribution in [3.05, 3.63) is 94.8 Å². The summed E-state index contributed by atoms with van der Waals surface area (Å²) in [6.07, 6.45) is 3.10. The van der Waals surface area contributed by atoms with Crippen LogP contribution >= 0.6 is 11.3 Å². The largest absolute Gasteiger partial charge is 0.496 e. The molecule has 192 valence electrons. The summed E-state index contributed by atoms with van der Waals surface area (Å²) < 4.78 is 5.51. The number of nitrogens with one attached hydrogen (secondary N) is 2. The van der Waals surface area contributed by atoms with E-state index in [1.165, 1.54) is 11.9 Å². The maximum absolute atomic E-state index is 13.3. The average molecular weight is 525 g/mol. The molecule has 0 bridgehead atoms. The fraction of sp³-hybridized carbons (Fsp3) is 0.172. The van der Waals surface area contributed by atoms with Crippen LogP contribution in [-0.2, 0) is 6.54 Å². The minimum Gasteiger partial charge on any atom is -0.496 e. The molecule has 5 aromatic rings. The van der Waals surface area contributed by atoms with Crippen LogP contribution in [0.1, 0.15) is 39.3 Å². The topological polar surface area (TPSA) is 115 Å². The molecule has 0 aliphatic rings. The number of pyridine rings is 1. The van der Waals surface area contributed by atoms with Gasteiger partial charge in [-0.05, 0) is 55.3 Å². The highest BCUT2D eigenvalue weighted by Gasteiger charge is 2.21. The van der Waals surface area contributed by atoms with Crippen molar-refractivity contribution in [1.29, 1.82) is 0 Å². The van der Waals surface area contributed by atoms with Crippen molar-refractivity contribution in [1.82, 2.24) is 20.3 Å². The van der Waals surface area contributed by atoms with Crippen LogP contribution in [0.5, 0.6) is 5.75 Å². The molecule has 8 nitrogen and oxygen atoms in total. The first-order valence-electron chi connectivity index (χ1n) is 12.2. The number of anilines is 2. The van der Waals surface area contributed by atoms with Gasteiger partial charge in [-0.2, -0.15) is 0 Å². The molecule has 0 unspecified atom stereocenters. The van der Waals surface area contributed by atoms with E-state index >= 15 is 0 Å². The Morgan fingerprint density at radius 3 is 2.66 bits per heavy atom. The molecule has 1 atom stereocenters. The number of rotatable bonds is 8. The Morgan fingerprint density at radius 2 is 1.87 bits per heavy atom. The maximum Gasteiger partial charge on any atom is 0.259 e. The molecule has 0 saturated carbocycles. The SMILES string of the molecule is COc1ccnc(NCc2ccc(-c3ccc4ncnc(N)c4c3)s2)c1C(=O)N[C@@H](C)c1ccc(C)cc1. The zero-order chi connectivity index (χ0) is 26.6. The molecule has 4 N–H and O–H groups in total. The molecule has 3 heterocycles. The molecule has 0 saturated heterocycles. The zero-order valence-electron chi connectivity index (χ0n) is 21.4. The highest BCUT2D eigenvalue weighted by atomic mass is 32.1. The van der Waals surface area contributed by atoms with E-state index in [4.69, 9.17) is 10.5 Å². The molecule has 0 aliphatic heterocycles. The Hall–Kier alpha value is -4.50. The number of amides is 1. The third-order valence-corrected chi connectivity index (χ3v) is 7.46. The van der Waals surface area contributed by atoms with Crippen LogP contribution in [-0.4, -0.2) is 28.0 Å². The third-order valence-electron chi connectivity index (χ3n) is 6.33. The normalized spacial score (nSPS) is 11.8. The van der Waals surface area contributed by atoms with Crippen molar-refractivity contribution in [2.45, 2.75) is 26.4 Å². The van der Waals surface area contributed by atoms with Gasteiger partial charge in [-0.1, -0.05) is 35.9 Å². The van der Waals surface area contributed by atoms with Crippen LogP contribution in [0.3, 0.4) is 0 Å². The van der Waals surface area contributed by atoms with Crippen molar-refractivity contribution < 1.29 is 9.53 Å². The van der Waals surface area contributed by atoms with Crippen molar-refractivity contribution >= 4 is 39.8 Å². The summed E-state index contributed by atoms with van der Waals surface area (Å²) in [5.41, 5.74) is 10.5. The van der Waals surface area contributed by atoms with E-state index in [-0.39, 0.29) is 11.9 Å². The standard InChI is InChI=1S/C29H28N6O2S/c1-17-4-6-19(7-5-17)18(2)35-29(36)26-24(37-3)12-13-31-28(26)32-15-21-9-11-25(38-21)20-8-10-23-22(14-20)27(30)34-16-33-23/h4-14,16,18H,15H2,1-3H3,(H,31,32)(H,35,36)(H2,30,33,34)/t18-/m0/s1. The molecule has 3 aromatic heterocycles. The van der Waals surface area contributed by atoms with Gasteiger partial charge in [0.2, 0.25) is 0 Å². The van der Waals surface area contributed by atoms with Crippen molar-refractivity contribution in [2.75, 3.05) is 18.2 Å². The average Bonchev–Trinajstić information content (AvgIpc) is 3.41. The van der Waals surface area contributed by atoms with Gasteiger partial charge in [0.05, 0.1) is 25.2 Å². The quantitative estimate of drug-likeness (QED) is 0.237. The molecule has 1 amide bonds. The van der Waals surface area contributed by atoms with E-state index in [2.05, 4.69) is 37.7 Å². The lowest BCUT2D eigenvalue weighted by Crippen LogP contribution is -2.28. The number of carbonyl (C=O) groups excluding carboxylic acids is 1. The summed E-state index contributed by atoms with van der Waals surface area (Å²) in [6, 6.07) is 19.7. The Bertz CT molecular complexity index is 1600. The van der Waals surface area contributed by atoms with Gasteiger partial charge in [0, 0.05) is 21.3 Å². The summed E-state index contributed by atoms with van der Waals surface area (Å²) in [6.45, 7) is 4.49. The molecule has 0 fully saturated rings. The fourth-order valence-corrected chi connectivity index (χ4v) is 5.15. The second-order valence-corrected chi connectivity index (χ2v) is 10.1. The number of carbonyl (C=O) groups is 1. The Labute approximate surface area is 224 Å². The number of aryl methyl sites for hydroxylation is 1. The first kappa shape index (κ1) is 25.2. The van der Waals surface area contributed by atoms with Crippen LogP contribution in [0, 0.1) is 6.92 Å². The van der Waals surface area contributed by atoms with Crippen molar-refractivity contribution in [3.63, 3.8) is 0 Å². The second-order valence-electron chi connectivity index (χ2n) is 8.95. The number of fused-ring (bicyclic) bond motifs is 1. The highest BCUT2D eigenvalue weighted by Crippen LogP contribution is 2.32. The van der Waals surface area contributed by atoms with Gasteiger partial charge in [-0.25, -0.2) is 15.0 Å². The number of ether oxygens (including phenoxy) is 1. The molecule has 5 rings (SSSR count). The van der Waals surface area contributed by atoms with E-state index in [1.54, 1.807) is 30.7 Å². The molecule has 9 heteroatoms. The molecule has 38 heavy (non-hydrogen) atoms. The minimum atomic E-state index is -0.256. The third kappa shape index (κ3) is 5.28. The molecular formula is C29H28N6O2S. The molecule has 2 aromatic carbocycles. The van der Waals surface area contributed by atoms with E-state index in [9.17, 15) is 4.79 Å². The Balaban J connectivity index is 1.33. The summed E-state index contributed by atoms with van der Waals surface area (Å²) in [5, 5.41) is 7.23. The number of thiophene rings is 1. The van der Waals surface area contributed by atoms with Gasteiger partial charge in [0.25, 0.3) is 5.91 Å². The number of nitrogen functional groups attached to an aromatic ring is 1. The first-order chi connectivity index (χ1) is 18.4. The number of aromatic nitrogens is 3. The summed E-state index contributed by atoms with van der Waals surface area (Å²) in [7, 11) is 1.55. The van der Waals surface area contributed by atoms with E-state index < -0.39 is 0 Å². The summed E-state index contributed by atoms with van der Waals surface area (Å²) >= 11 is 1.65. The van der Waals surface area contributed by atoms with E-state index in [1.807, 2.05) is 56.3 Å². The number of hydrogen-bond donors (Lipinski definition) is 3. The number of methoxy groups -OCH3 is 1. The molecule has 0 spiro atoms. The molecular weight excluding hydrogens is 496 g/mol. The smallest absolute Gasteiger partial charge is 0.259 e. The first-order valence-corrected chi connectivity index (χ1v) is 13.0. The maximum atomic E-state index is 13.3. The van der Waals surface area contributed by atoms with Crippen LogP contribution in [0.4, 0.5) is 11.6 Å². The van der Waals surface area contributed by atoms with Crippen LogP contribution < -0.4 is 21.1 Å². The summed E-state index contributed by atoms with van der Waals surface area (Å²) in [4.78, 5) is 28.3.